The highest BCUT2D eigenvalue weighted by molar-refractivity contribution is 6.33. The van der Waals surface area contributed by atoms with Gasteiger partial charge in [0.25, 0.3) is 0 Å². The monoisotopic (exact) mass is 571 g/mol. The third kappa shape index (κ3) is 3.42. The van der Waals surface area contributed by atoms with E-state index in [9.17, 15) is 0 Å². The summed E-state index contributed by atoms with van der Waals surface area (Å²) < 4.78 is 7.11. The summed E-state index contributed by atoms with van der Waals surface area (Å²) in [5.74, 6) is 1.70. The molecule has 0 radical (unpaired) electrons. The molecule has 0 amide bonds. The van der Waals surface area contributed by atoms with Crippen LogP contribution in [-0.2, 0) is 0 Å². The molecule has 208 valence electrons. The minimum Gasteiger partial charge on any atom is -0.455 e. The van der Waals surface area contributed by atoms with Gasteiger partial charge in [-0.3, -0.25) is 4.98 Å². The molecule has 2 heteroatoms. The van der Waals surface area contributed by atoms with E-state index in [0.717, 1.165) is 38.4 Å². The molecule has 0 aliphatic rings. The average molecular weight is 572 g/mol. The predicted octanol–water partition coefficient (Wildman–Crippen LogP) is 12.1. The first kappa shape index (κ1) is 24.5. The summed E-state index contributed by atoms with van der Waals surface area (Å²) >= 11 is 0. The molecule has 9 aromatic carbocycles. The van der Waals surface area contributed by atoms with E-state index in [1.807, 2.05) is 12.4 Å². The second kappa shape index (κ2) is 9.25. The van der Waals surface area contributed by atoms with Gasteiger partial charge in [-0.25, -0.2) is 0 Å². The molecule has 0 saturated carbocycles. The molecule has 1 heterocycles. The van der Waals surface area contributed by atoms with Gasteiger partial charge in [-0.2, -0.15) is 0 Å². The fraction of sp³-hybridized carbons (Fsp3) is 0. The van der Waals surface area contributed by atoms with Gasteiger partial charge >= 0.3 is 0 Å². The van der Waals surface area contributed by atoms with Gasteiger partial charge in [0.15, 0.2) is 0 Å². The number of fused-ring (bicyclic) bond motifs is 5. The lowest BCUT2D eigenvalue weighted by molar-refractivity contribution is 0.500. The topological polar surface area (TPSA) is 22.1 Å². The van der Waals surface area contributed by atoms with Crippen molar-refractivity contribution >= 4 is 75.4 Å². The second-order valence-corrected chi connectivity index (χ2v) is 11.8. The standard InChI is InChI=1S/C43H25NO/c1-2-13-28-26(9-1)10-5-16-29(28)42-33-14-3-4-15-35(33)43(36-23-24-44-25-38(36)42)45-39-22-21-34-31-18-7-12-27-11-6-17-30(40(27)31)32-19-8-20-37(39)41(32)34/h1-25H. The maximum atomic E-state index is 7.11. The highest BCUT2D eigenvalue weighted by Gasteiger charge is 2.20. The van der Waals surface area contributed by atoms with Crippen LogP contribution in [0.2, 0.25) is 0 Å². The van der Waals surface area contributed by atoms with Crippen molar-refractivity contribution in [2.24, 2.45) is 0 Å². The lowest BCUT2D eigenvalue weighted by Crippen LogP contribution is -1.94. The van der Waals surface area contributed by atoms with Gasteiger partial charge in [0.1, 0.15) is 11.5 Å². The van der Waals surface area contributed by atoms with Gasteiger partial charge < -0.3 is 4.74 Å². The minimum absolute atomic E-state index is 0.850. The Morgan fingerprint density at radius 1 is 0.378 bits per heavy atom. The van der Waals surface area contributed by atoms with Crippen molar-refractivity contribution in [3.05, 3.63) is 152 Å². The molecule has 2 nitrogen and oxygen atoms in total. The number of nitrogens with zero attached hydrogens (tertiary/aromatic N) is 1. The molecule has 10 aromatic rings. The Morgan fingerprint density at radius 3 is 1.80 bits per heavy atom. The Balaban J connectivity index is 1.27. The lowest BCUT2D eigenvalue weighted by atomic mass is 9.89. The molecule has 0 atom stereocenters. The lowest BCUT2D eigenvalue weighted by Gasteiger charge is -2.20. The van der Waals surface area contributed by atoms with Gasteiger partial charge in [0, 0.05) is 39.3 Å². The molecule has 0 spiro atoms. The van der Waals surface area contributed by atoms with E-state index in [1.165, 1.54) is 59.6 Å². The highest BCUT2D eigenvalue weighted by atomic mass is 16.5. The molecular weight excluding hydrogens is 546 g/mol. The number of aromatic nitrogens is 1. The zero-order valence-corrected chi connectivity index (χ0v) is 24.3. The molecule has 1 aromatic heterocycles. The van der Waals surface area contributed by atoms with Crippen LogP contribution in [0.25, 0.3) is 86.5 Å². The SMILES string of the molecule is c1ccc2c(-c3c4ccccc4c(Oc4ccc5c6cccc7cccc(c8cccc4c85)c76)c4ccncc34)cccc2c1. The Labute approximate surface area is 259 Å². The van der Waals surface area contributed by atoms with Crippen molar-refractivity contribution in [1.29, 1.82) is 0 Å². The van der Waals surface area contributed by atoms with E-state index in [4.69, 9.17) is 4.74 Å². The number of hydrogen-bond acceptors (Lipinski definition) is 2. The first-order chi connectivity index (χ1) is 22.3. The van der Waals surface area contributed by atoms with Crippen LogP contribution in [0.4, 0.5) is 0 Å². The normalized spacial score (nSPS) is 12.0. The molecule has 0 aliphatic heterocycles. The van der Waals surface area contributed by atoms with Gasteiger partial charge in [0.2, 0.25) is 0 Å². The summed E-state index contributed by atoms with van der Waals surface area (Å²) in [5, 5.41) is 16.8. The smallest absolute Gasteiger partial charge is 0.143 e. The highest BCUT2D eigenvalue weighted by Crippen LogP contribution is 2.48. The van der Waals surface area contributed by atoms with Crippen LogP contribution < -0.4 is 4.74 Å². The van der Waals surface area contributed by atoms with Crippen LogP contribution in [0.5, 0.6) is 11.5 Å². The summed E-state index contributed by atoms with van der Waals surface area (Å²) in [6.07, 6.45) is 3.85. The average Bonchev–Trinajstić information content (AvgIpc) is 3.11. The fourth-order valence-electron chi connectivity index (χ4n) is 7.64. The van der Waals surface area contributed by atoms with Crippen LogP contribution in [0.3, 0.4) is 0 Å². The largest absolute Gasteiger partial charge is 0.455 e. The van der Waals surface area contributed by atoms with Crippen LogP contribution in [0.15, 0.2) is 152 Å². The van der Waals surface area contributed by atoms with Crippen LogP contribution in [0, 0.1) is 0 Å². The van der Waals surface area contributed by atoms with Gasteiger partial charge in [-0.15, -0.1) is 0 Å². The summed E-state index contributed by atoms with van der Waals surface area (Å²) in [6, 6.07) is 50.1. The molecule has 0 saturated heterocycles. The van der Waals surface area contributed by atoms with Gasteiger partial charge in [-0.1, -0.05) is 121 Å². The summed E-state index contributed by atoms with van der Waals surface area (Å²) in [6.45, 7) is 0. The first-order valence-electron chi connectivity index (χ1n) is 15.4. The van der Waals surface area contributed by atoms with E-state index < -0.39 is 0 Å². The third-order valence-electron chi connectivity index (χ3n) is 9.53. The molecule has 0 bridgehead atoms. The zero-order chi connectivity index (χ0) is 29.5. The van der Waals surface area contributed by atoms with Crippen molar-refractivity contribution in [2.75, 3.05) is 0 Å². The van der Waals surface area contributed by atoms with Crippen molar-refractivity contribution in [3.63, 3.8) is 0 Å². The number of benzene rings is 9. The van der Waals surface area contributed by atoms with Crippen LogP contribution >= 0.6 is 0 Å². The molecule has 0 N–H and O–H groups in total. The van der Waals surface area contributed by atoms with Crippen molar-refractivity contribution in [2.45, 2.75) is 0 Å². The van der Waals surface area contributed by atoms with Crippen molar-refractivity contribution in [3.8, 4) is 22.6 Å². The summed E-state index contributed by atoms with van der Waals surface area (Å²) in [5.41, 5.74) is 2.38. The fourth-order valence-corrected chi connectivity index (χ4v) is 7.64. The first-order valence-corrected chi connectivity index (χ1v) is 15.4. The van der Waals surface area contributed by atoms with Crippen LogP contribution in [-0.4, -0.2) is 4.98 Å². The number of rotatable bonds is 3. The molecule has 0 unspecified atom stereocenters. The molecule has 0 aliphatic carbocycles. The number of ether oxygens (including phenoxy) is 1. The second-order valence-electron chi connectivity index (χ2n) is 11.8. The zero-order valence-electron chi connectivity index (χ0n) is 24.3. The quantitative estimate of drug-likeness (QED) is 0.155. The van der Waals surface area contributed by atoms with E-state index >= 15 is 0 Å². The van der Waals surface area contributed by atoms with E-state index in [0.29, 0.717) is 0 Å². The van der Waals surface area contributed by atoms with Gasteiger partial charge in [-0.05, 0) is 77.8 Å². The van der Waals surface area contributed by atoms with E-state index in [-0.39, 0.29) is 0 Å². The minimum atomic E-state index is 0.850. The predicted molar refractivity (Wildman–Crippen MR) is 190 cm³/mol. The molecular formula is C43H25NO. The van der Waals surface area contributed by atoms with Crippen LogP contribution in [0.1, 0.15) is 0 Å². The molecule has 10 rings (SSSR count). The van der Waals surface area contributed by atoms with Gasteiger partial charge in [0.05, 0.1) is 0 Å². The van der Waals surface area contributed by atoms with E-state index in [1.54, 1.807) is 0 Å². The molecule has 45 heavy (non-hydrogen) atoms. The molecule has 0 fully saturated rings. The van der Waals surface area contributed by atoms with Crippen molar-refractivity contribution < 1.29 is 4.74 Å². The maximum Gasteiger partial charge on any atom is 0.143 e. The Morgan fingerprint density at radius 2 is 0.956 bits per heavy atom. The van der Waals surface area contributed by atoms with Crippen molar-refractivity contribution in [1.82, 2.24) is 4.98 Å². The van der Waals surface area contributed by atoms with E-state index in [2.05, 4.69) is 145 Å². The Hall–Kier alpha value is -5.99. The Kier molecular flexibility index (Phi) is 5.03. The number of pyridine rings is 1. The Bertz CT molecular complexity index is 2680. The summed E-state index contributed by atoms with van der Waals surface area (Å²) in [7, 11) is 0. The summed E-state index contributed by atoms with van der Waals surface area (Å²) in [4.78, 5) is 4.61. The third-order valence-corrected chi connectivity index (χ3v) is 9.53. The number of hydrogen-bond donors (Lipinski definition) is 0. The maximum absolute atomic E-state index is 7.11.